The number of carbonyl (C=O) groups is 2. The van der Waals surface area contributed by atoms with Crippen molar-refractivity contribution >= 4 is 22.8 Å². The van der Waals surface area contributed by atoms with E-state index in [1.54, 1.807) is 6.07 Å². The Morgan fingerprint density at radius 2 is 1.71 bits per heavy atom. The molecule has 21 heavy (non-hydrogen) atoms. The van der Waals surface area contributed by atoms with E-state index in [0.717, 1.165) is 28.5 Å². The number of aliphatic carboxylic acids is 1. The van der Waals surface area contributed by atoms with Crippen LogP contribution >= 0.6 is 11.8 Å². The lowest BCUT2D eigenvalue weighted by Gasteiger charge is -2.13. The van der Waals surface area contributed by atoms with Gasteiger partial charge in [-0.15, -0.1) is 0 Å². The van der Waals surface area contributed by atoms with Crippen LogP contribution in [-0.4, -0.2) is 21.9 Å². The zero-order valence-corrected chi connectivity index (χ0v) is 12.5. The third-order valence-corrected chi connectivity index (χ3v) is 4.05. The summed E-state index contributed by atoms with van der Waals surface area (Å²) in [6, 6.07) is 17.3. The van der Waals surface area contributed by atoms with Crippen LogP contribution < -0.4 is 0 Å². The number of rotatable bonds is 5. The molecule has 0 aliphatic rings. The minimum absolute atomic E-state index is 0.0690. The van der Waals surface area contributed by atoms with E-state index < -0.39 is 11.9 Å². The van der Waals surface area contributed by atoms with Crippen LogP contribution in [0.5, 0.6) is 0 Å². The first-order valence-electron chi connectivity index (χ1n) is 6.59. The fourth-order valence-corrected chi connectivity index (χ4v) is 2.81. The average Bonchev–Trinajstić information content (AvgIpc) is 2.48. The van der Waals surface area contributed by atoms with Crippen LogP contribution in [0.15, 0.2) is 54.6 Å². The number of hydrogen-bond acceptors (Lipinski definition) is 3. The van der Waals surface area contributed by atoms with E-state index in [1.807, 2.05) is 48.5 Å². The monoisotopic (exact) mass is 300 g/mol. The fraction of sp³-hybridized carbons (Fsp3) is 0.176. The highest BCUT2D eigenvalue weighted by molar-refractivity contribution is 8.13. The van der Waals surface area contributed by atoms with Crippen LogP contribution in [0.3, 0.4) is 0 Å². The second-order valence-electron chi connectivity index (χ2n) is 4.68. The van der Waals surface area contributed by atoms with Crippen molar-refractivity contribution < 1.29 is 14.7 Å². The lowest BCUT2D eigenvalue weighted by Crippen LogP contribution is -2.15. The first-order valence-corrected chi connectivity index (χ1v) is 7.58. The van der Waals surface area contributed by atoms with E-state index in [1.165, 1.54) is 6.92 Å². The summed E-state index contributed by atoms with van der Waals surface area (Å²) in [4.78, 5) is 22.5. The molecule has 0 heterocycles. The van der Waals surface area contributed by atoms with Crippen molar-refractivity contribution in [3.05, 3.63) is 60.2 Å². The molecule has 108 valence electrons. The molecule has 1 N–H and O–H groups in total. The molecule has 0 spiro atoms. The fourth-order valence-electron chi connectivity index (χ4n) is 2.08. The molecule has 0 bridgehead atoms. The van der Waals surface area contributed by atoms with Crippen LogP contribution in [0.4, 0.5) is 0 Å². The zero-order valence-electron chi connectivity index (χ0n) is 11.7. The highest BCUT2D eigenvalue weighted by Gasteiger charge is 2.21. The maximum absolute atomic E-state index is 11.4. The molecule has 0 aliphatic heterocycles. The van der Waals surface area contributed by atoms with Crippen molar-refractivity contribution in [1.82, 2.24) is 0 Å². The van der Waals surface area contributed by atoms with E-state index in [-0.39, 0.29) is 10.9 Å². The first kappa shape index (κ1) is 15.3. The number of carboxylic acids is 1. The molecule has 0 amide bonds. The van der Waals surface area contributed by atoms with Gasteiger partial charge in [-0.2, -0.15) is 0 Å². The molecule has 0 unspecified atom stereocenters. The maximum atomic E-state index is 11.4. The molecular weight excluding hydrogens is 284 g/mol. The number of carbonyl (C=O) groups excluding carboxylic acids is 1. The van der Waals surface area contributed by atoms with Gasteiger partial charge in [0.05, 0.1) is 5.92 Å². The Hall–Kier alpha value is -2.07. The van der Waals surface area contributed by atoms with Crippen LogP contribution in [0.2, 0.25) is 0 Å². The molecule has 2 aromatic carbocycles. The average molecular weight is 300 g/mol. The number of benzene rings is 2. The number of carboxylic acid groups (broad SMARTS) is 1. The molecule has 1 atom stereocenters. The molecule has 3 nitrogen and oxygen atoms in total. The predicted molar refractivity (Wildman–Crippen MR) is 85.4 cm³/mol. The second-order valence-corrected chi connectivity index (χ2v) is 5.88. The topological polar surface area (TPSA) is 54.4 Å². The first-order chi connectivity index (χ1) is 10.1. The third kappa shape index (κ3) is 4.20. The second kappa shape index (κ2) is 7.09. The van der Waals surface area contributed by atoms with Crippen molar-refractivity contribution in [2.75, 3.05) is 5.75 Å². The van der Waals surface area contributed by atoms with Crippen LogP contribution in [0.25, 0.3) is 11.1 Å². The van der Waals surface area contributed by atoms with E-state index in [0.29, 0.717) is 0 Å². The summed E-state index contributed by atoms with van der Waals surface area (Å²) >= 11 is 1.04. The Bertz CT molecular complexity index is 637. The van der Waals surface area contributed by atoms with Crippen LogP contribution in [0.1, 0.15) is 18.4 Å². The van der Waals surface area contributed by atoms with Crippen LogP contribution in [0, 0.1) is 0 Å². The summed E-state index contributed by atoms with van der Waals surface area (Å²) in [5.41, 5.74) is 2.74. The van der Waals surface area contributed by atoms with E-state index in [9.17, 15) is 14.7 Å². The van der Waals surface area contributed by atoms with Crippen molar-refractivity contribution in [2.45, 2.75) is 12.8 Å². The molecular formula is C17H16O3S. The van der Waals surface area contributed by atoms with Gasteiger partial charge in [0.1, 0.15) is 0 Å². The molecule has 0 aromatic heterocycles. The smallest absolute Gasteiger partial charge is 0.311 e. The van der Waals surface area contributed by atoms with Gasteiger partial charge in [0.25, 0.3) is 0 Å². The highest BCUT2D eigenvalue weighted by Crippen LogP contribution is 2.26. The molecule has 0 aliphatic carbocycles. The Labute approximate surface area is 128 Å². The maximum Gasteiger partial charge on any atom is 0.311 e. The minimum atomic E-state index is -0.908. The van der Waals surface area contributed by atoms with Gasteiger partial charge in [0.15, 0.2) is 5.12 Å². The summed E-state index contributed by atoms with van der Waals surface area (Å²) in [6.45, 7) is 1.45. The van der Waals surface area contributed by atoms with E-state index in [2.05, 4.69) is 0 Å². The molecule has 0 radical (unpaired) electrons. The van der Waals surface area contributed by atoms with Crippen LogP contribution in [-0.2, 0) is 9.59 Å². The lowest BCUT2D eigenvalue weighted by molar-refractivity contribution is -0.138. The molecule has 2 rings (SSSR count). The summed E-state index contributed by atoms with van der Waals surface area (Å²) in [7, 11) is 0. The van der Waals surface area contributed by atoms with Gasteiger partial charge >= 0.3 is 5.97 Å². The van der Waals surface area contributed by atoms with Crippen molar-refractivity contribution in [3.63, 3.8) is 0 Å². The summed E-state index contributed by atoms with van der Waals surface area (Å²) < 4.78 is 0. The van der Waals surface area contributed by atoms with Gasteiger partial charge in [-0.1, -0.05) is 66.4 Å². The SMILES string of the molecule is CC(=O)SC[C@@H](C(=O)O)c1cccc(-c2ccccc2)c1. The molecule has 2 aromatic rings. The molecule has 0 saturated carbocycles. The van der Waals surface area contributed by atoms with Gasteiger partial charge in [0.2, 0.25) is 0 Å². The number of hydrogen-bond donors (Lipinski definition) is 1. The van der Waals surface area contributed by atoms with E-state index >= 15 is 0 Å². The third-order valence-electron chi connectivity index (χ3n) is 3.15. The van der Waals surface area contributed by atoms with Gasteiger partial charge in [-0.3, -0.25) is 9.59 Å². The lowest BCUT2D eigenvalue weighted by atomic mass is 9.96. The molecule has 0 saturated heterocycles. The van der Waals surface area contributed by atoms with Gasteiger partial charge in [-0.25, -0.2) is 0 Å². The normalized spacial score (nSPS) is 11.9. The van der Waals surface area contributed by atoms with Crippen molar-refractivity contribution in [1.29, 1.82) is 0 Å². The van der Waals surface area contributed by atoms with Crippen molar-refractivity contribution in [3.8, 4) is 11.1 Å². The minimum Gasteiger partial charge on any atom is -0.481 e. The Balaban J connectivity index is 2.30. The molecule has 0 fully saturated rings. The Kier molecular flexibility index (Phi) is 5.17. The van der Waals surface area contributed by atoms with Crippen molar-refractivity contribution in [2.24, 2.45) is 0 Å². The molecule has 4 heteroatoms. The Morgan fingerprint density at radius 1 is 1.05 bits per heavy atom. The standard InChI is InChI=1S/C17H16O3S/c1-12(18)21-11-16(17(19)20)15-9-5-8-14(10-15)13-6-3-2-4-7-13/h2-10,16H,11H2,1H3,(H,19,20)/t16-/m1/s1. The van der Waals surface area contributed by atoms with Gasteiger partial charge in [0, 0.05) is 12.7 Å². The largest absolute Gasteiger partial charge is 0.481 e. The summed E-state index contributed by atoms with van der Waals surface area (Å²) in [5.74, 6) is -1.33. The van der Waals surface area contributed by atoms with E-state index in [4.69, 9.17) is 0 Å². The number of thioether (sulfide) groups is 1. The highest BCUT2D eigenvalue weighted by atomic mass is 32.2. The van der Waals surface area contributed by atoms with Gasteiger partial charge in [-0.05, 0) is 16.7 Å². The summed E-state index contributed by atoms with van der Waals surface area (Å²) in [5, 5.41) is 9.31. The predicted octanol–water partition coefficient (Wildman–Crippen LogP) is 3.80. The zero-order chi connectivity index (χ0) is 15.2. The van der Waals surface area contributed by atoms with Gasteiger partial charge < -0.3 is 5.11 Å². The summed E-state index contributed by atoms with van der Waals surface area (Å²) in [6.07, 6.45) is 0. The quantitative estimate of drug-likeness (QED) is 0.912. The Morgan fingerprint density at radius 3 is 2.33 bits per heavy atom.